The Morgan fingerprint density at radius 3 is 2.93 bits per heavy atom. The maximum atomic E-state index is 11.0. The summed E-state index contributed by atoms with van der Waals surface area (Å²) in [6.07, 6.45) is 7.29. The van der Waals surface area contributed by atoms with Crippen LogP contribution in [0.1, 0.15) is 45.4 Å². The van der Waals surface area contributed by atoms with E-state index in [4.69, 9.17) is 5.73 Å². The Kier molecular flexibility index (Phi) is 4.94. The van der Waals surface area contributed by atoms with Crippen molar-refractivity contribution in [2.24, 2.45) is 11.7 Å². The zero-order chi connectivity index (χ0) is 10.4. The lowest BCUT2D eigenvalue weighted by Crippen LogP contribution is -2.46. The number of unbranched alkanes of at least 4 members (excludes halogenated alkanes) is 2. The van der Waals surface area contributed by atoms with Gasteiger partial charge in [0.25, 0.3) is 0 Å². The summed E-state index contributed by atoms with van der Waals surface area (Å²) in [6.45, 7) is 3.17. The molecule has 1 fully saturated rings. The summed E-state index contributed by atoms with van der Waals surface area (Å²) in [7, 11) is 0. The number of piperidine rings is 1. The fourth-order valence-electron chi connectivity index (χ4n) is 2.16. The van der Waals surface area contributed by atoms with Crippen LogP contribution in [-0.4, -0.2) is 18.5 Å². The van der Waals surface area contributed by atoms with Gasteiger partial charge in [-0.05, 0) is 25.3 Å². The zero-order valence-electron chi connectivity index (χ0n) is 9.09. The minimum Gasteiger partial charge on any atom is -0.368 e. The molecule has 0 aromatic carbocycles. The molecular formula is C11H22N2O. The quantitative estimate of drug-likeness (QED) is 0.656. The van der Waals surface area contributed by atoms with Crippen molar-refractivity contribution in [3.63, 3.8) is 0 Å². The van der Waals surface area contributed by atoms with Crippen molar-refractivity contribution in [1.29, 1.82) is 0 Å². The van der Waals surface area contributed by atoms with Crippen LogP contribution < -0.4 is 11.1 Å². The number of carbonyl (C=O) groups excluding carboxylic acids is 1. The van der Waals surface area contributed by atoms with E-state index in [1.54, 1.807) is 0 Å². The SMILES string of the molecule is CCCCCC1CCNC(C(N)=O)C1. The highest BCUT2D eigenvalue weighted by molar-refractivity contribution is 5.79. The summed E-state index contributed by atoms with van der Waals surface area (Å²) in [4.78, 5) is 11.0. The molecule has 0 aromatic rings. The Balaban J connectivity index is 2.22. The minimum atomic E-state index is -0.190. The number of primary amides is 1. The predicted molar refractivity (Wildman–Crippen MR) is 57.9 cm³/mol. The molecule has 1 amide bonds. The molecule has 1 heterocycles. The van der Waals surface area contributed by atoms with E-state index in [1.165, 1.54) is 32.1 Å². The molecule has 0 aromatic heterocycles. The van der Waals surface area contributed by atoms with Gasteiger partial charge in [-0.2, -0.15) is 0 Å². The number of hydrogen-bond donors (Lipinski definition) is 2. The number of carbonyl (C=O) groups is 1. The molecule has 0 bridgehead atoms. The number of nitrogens with two attached hydrogens (primary N) is 1. The first kappa shape index (κ1) is 11.5. The van der Waals surface area contributed by atoms with E-state index in [0.29, 0.717) is 5.92 Å². The van der Waals surface area contributed by atoms with Crippen LogP contribution in [0.2, 0.25) is 0 Å². The molecule has 82 valence electrons. The summed E-state index contributed by atoms with van der Waals surface area (Å²) in [6, 6.07) is -0.0737. The van der Waals surface area contributed by atoms with Gasteiger partial charge in [-0.3, -0.25) is 4.79 Å². The fraction of sp³-hybridized carbons (Fsp3) is 0.909. The third-order valence-corrected chi connectivity index (χ3v) is 3.07. The van der Waals surface area contributed by atoms with Crippen molar-refractivity contribution in [3.05, 3.63) is 0 Å². The van der Waals surface area contributed by atoms with Crippen molar-refractivity contribution in [3.8, 4) is 0 Å². The van der Waals surface area contributed by atoms with Crippen LogP contribution in [0.3, 0.4) is 0 Å². The standard InChI is InChI=1S/C11H22N2O/c1-2-3-4-5-9-6-7-13-10(8-9)11(12)14/h9-10,13H,2-8H2,1H3,(H2,12,14). The second kappa shape index (κ2) is 6.02. The molecule has 0 saturated carbocycles. The van der Waals surface area contributed by atoms with Crippen LogP contribution in [0.25, 0.3) is 0 Å². The van der Waals surface area contributed by atoms with Gasteiger partial charge in [-0.15, -0.1) is 0 Å². The Bertz CT molecular complexity index is 182. The van der Waals surface area contributed by atoms with Crippen LogP contribution >= 0.6 is 0 Å². The van der Waals surface area contributed by atoms with Crippen LogP contribution in [0.4, 0.5) is 0 Å². The van der Waals surface area contributed by atoms with Gasteiger partial charge in [0.15, 0.2) is 0 Å². The normalized spacial score (nSPS) is 27.5. The van der Waals surface area contributed by atoms with Crippen molar-refractivity contribution in [2.75, 3.05) is 6.54 Å². The Hall–Kier alpha value is -0.570. The molecule has 3 nitrogen and oxygen atoms in total. The lowest BCUT2D eigenvalue weighted by Gasteiger charge is -2.28. The van der Waals surface area contributed by atoms with Gasteiger partial charge >= 0.3 is 0 Å². The number of hydrogen-bond acceptors (Lipinski definition) is 2. The highest BCUT2D eigenvalue weighted by Crippen LogP contribution is 2.22. The molecule has 2 unspecified atom stereocenters. The van der Waals surface area contributed by atoms with E-state index >= 15 is 0 Å². The summed E-state index contributed by atoms with van der Waals surface area (Å²) >= 11 is 0. The van der Waals surface area contributed by atoms with E-state index in [-0.39, 0.29) is 11.9 Å². The van der Waals surface area contributed by atoms with E-state index in [1.807, 2.05) is 0 Å². The summed E-state index contributed by atoms with van der Waals surface area (Å²) < 4.78 is 0. The maximum absolute atomic E-state index is 11.0. The van der Waals surface area contributed by atoms with Gasteiger partial charge < -0.3 is 11.1 Å². The molecule has 0 aliphatic carbocycles. The lowest BCUT2D eigenvalue weighted by molar-refractivity contribution is -0.120. The Labute approximate surface area is 86.4 Å². The first-order chi connectivity index (χ1) is 6.74. The number of rotatable bonds is 5. The van der Waals surface area contributed by atoms with Gasteiger partial charge in [0.05, 0.1) is 6.04 Å². The number of nitrogens with one attached hydrogen (secondary N) is 1. The topological polar surface area (TPSA) is 55.1 Å². The van der Waals surface area contributed by atoms with Crippen molar-refractivity contribution in [2.45, 2.75) is 51.5 Å². The first-order valence-electron chi connectivity index (χ1n) is 5.76. The largest absolute Gasteiger partial charge is 0.368 e. The van der Waals surface area contributed by atoms with Gasteiger partial charge in [-0.25, -0.2) is 0 Å². The average molecular weight is 198 g/mol. The van der Waals surface area contributed by atoms with Crippen LogP contribution in [-0.2, 0) is 4.79 Å². The average Bonchev–Trinajstić information content (AvgIpc) is 2.19. The summed E-state index contributed by atoms with van der Waals surface area (Å²) in [5.74, 6) is 0.519. The van der Waals surface area contributed by atoms with Crippen LogP contribution in [0, 0.1) is 5.92 Å². The van der Waals surface area contributed by atoms with Gasteiger partial charge in [0.1, 0.15) is 0 Å². The third-order valence-electron chi connectivity index (χ3n) is 3.07. The van der Waals surface area contributed by atoms with Crippen molar-refractivity contribution >= 4 is 5.91 Å². The zero-order valence-corrected chi connectivity index (χ0v) is 9.09. The highest BCUT2D eigenvalue weighted by atomic mass is 16.1. The molecule has 1 aliphatic heterocycles. The molecule has 0 spiro atoms. The van der Waals surface area contributed by atoms with E-state index in [0.717, 1.165) is 13.0 Å². The Morgan fingerprint density at radius 2 is 2.29 bits per heavy atom. The lowest BCUT2D eigenvalue weighted by atomic mass is 9.88. The molecule has 1 saturated heterocycles. The molecule has 3 heteroatoms. The minimum absolute atomic E-state index is 0.0737. The second-order valence-electron chi connectivity index (χ2n) is 4.30. The fourth-order valence-corrected chi connectivity index (χ4v) is 2.16. The molecule has 1 aliphatic rings. The van der Waals surface area contributed by atoms with E-state index in [2.05, 4.69) is 12.2 Å². The van der Waals surface area contributed by atoms with E-state index in [9.17, 15) is 4.79 Å². The molecule has 1 rings (SSSR count). The summed E-state index contributed by atoms with van der Waals surface area (Å²) in [5, 5.41) is 3.16. The monoisotopic (exact) mass is 198 g/mol. The molecule has 3 N–H and O–H groups in total. The van der Waals surface area contributed by atoms with Gasteiger partial charge in [0.2, 0.25) is 5.91 Å². The smallest absolute Gasteiger partial charge is 0.234 e. The molecule has 2 atom stereocenters. The molecular weight excluding hydrogens is 176 g/mol. The predicted octanol–water partition coefficient (Wildman–Crippen LogP) is 1.42. The summed E-state index contributed by atoms with van der Waals surface area (Å²) in [5.41, 5.74) is 5.28. The van der Waals surface area contributed by atoms with E-state index < -0.39 is 0 Å². The molecule has 14 heavy (non-hydrogen) atoms. The Morgan fingerprint density at radius 1 is 1.50 bits per heavy atom. The maximum Gasteiger partial charge on any atom is 0.234 e. The second-order valence-corrected chi connectivity index (χ2v) is 4.30. The van der Waals surface area contributed by atoms with Crippen LogP contribution in [0.5, 0.6) is 0 Å². The van der Waals surface area contributed by atoms with Gasteiger partial charge in [0, 0.05) is 0 Å². The highest BCUT2D eigenvalue weighted by Gasteiger charge is 2.24. The first-order valence-corrected chi connectivity index (χ1v) is 5.76. The molecule has 0 radical (unpaired) electrons. The van der Waals surface area contributed by atoms with Crippen molar-refractivity contribution < 1.29 is 4.79 Å². The third kappa shape index (κ3) is 3.66. The number of amides is 1. The van der Waals surface area contributed by atoms with Crippen LogP contribution in [0.15, 0.2) is 0 Å². The van der Waals surface area contributed by atoms with Gasteiger partial charge in [-0.1, -0.05) is 32.6 Å². The van der Waals surface area contributed by atoms with Crippen molar-refractivity contribution in [1.82, 2.24) is 5.32 Å².